The van der Waals surface area contributed by atoms with Gasteiger partial charge in [-0.1, -0.05) is 18.5 Å². The van der Waals surface area contributed by atoms with Crippen molar-refractivity contribution in [1.29, 1.82) is 0 Å². The summed E-state index contributed by atoms with van der Waals surface area (Å²) in [5, 5.41) is 2.34. The SMILES string of the molecule is Cc1cc(OCC(=O)Nc2cc(C(F)(F)F)ccc2Cl)nc(N2CCC(C)CC2)n1. The number of ether oxygens (including phenoxy) is 1. The van der Waals surface area contributed by atoms with E-state index in [2.05, 4.69) is 27.1 Å². The van der Waals surface area contributed by atoms with Gasteiger partial charge >= 0.3 is 6.18 Å². The lowest BCUT2D eigenvalue weighted by Crippen LogP contribution is -2.34. The molecule has 1 aliphatic heterocycles. The number of alkyl halides is 3. The van der Waals surface area contributed by atoms with Gasteiger partial charge in [0, 0.05) is 24.8 Å². The maximum atomic E-state index is 12.9. The summed E-state index contributed by atoms with van der Waals surface area (Å²) < 4.78 is 44.0. The van der Waals surface area contributed by atoms with Crippen molar-refractivity contribution in [2.45, 2.75) is 32.9 Å². The fourth-order valence-electron chi connectivity index (χ4n) is 3.07. The van der Waals surface area contributed by atoms with Crippen LogP contribution in [0.15, 0.2) is 24.3 Å². The molecule has 3 rings (SSSR count). The van der Waals surface area contributed by atoms with Crippen molar-refractivity contribution in [3.8, 4) is 5.88 Å². The van der Waals surface area contributed by atoms with E-state index < -0.39 is 24.3 Å². The van der Waals surface area contributed by atoms with E-state index in [0.29, 0.717) is 17.6 Å². The van der Waals surface area contributed by atoms with Crippen LogP contribution in [-0.4, -0.2) is 35.6 Å². The number of rotatable bonds is 5. The van der Waals surface area contributed by atoms with Crippen LogP contribution in [0.5, 0.6) is 5.88 Å². The first-order chi connectivity index (χ1) is 14.1. The van der Waals surface area contributed by atoms with Crippen LogP contribution in [0.25, 0.3) is 0 Å². The first kappa shape index (κ1) is 22.1. The molecule has 10 heteroatoms. The van der Waals surface area contributed by atoms with Gasteiger partial charge in [0.15, 0.2) is 6.61 Å². The lowest BCUT2D eigenvalue weighted by molar-refractivity contribution is -0.137. The van der Waals surface area contributed by atoms with E-state index in [4.69, 9.17) is 16.3 Å². The Hall–Kier alpha value is -2.55. The Balaban J connectivity index is 1.64. The number of carbonyl (C=O) groups excluding carboxylic acids is 1. The Morgan fingerprint density at radius 3 is 2.63 bits per heavy atom. The number of benzene rings is 1. The van der Waals surface area contributed by atoms with Crippen LogP contribution < -0.4 is 15.0 Å². The average Bonchev–Trinajstić information content (AvgIpc) is 2.67. The summed E-state index contributed by atoms with van der Waals surface area (Å²) in [5.41, 5.74) is -0.355. The second kappa shape index (κ2) is 9.07. The van der Waals surface area contributed by atoms with E-state index >= 15 is 0 Å². The number of nitrogens with zero attached hydrogens (tertiary/aromatic N) is 3. The third-order valence-electron chi connectivity index (χ3n) is 4.80. The summed E-state index contributed by atoms with van der Waals surface area (Å²) in [6, 6.07) is 4.31. The molecule has 0 unspecified atom stereocenters. The van der Waals surface area contributed by atoms with E-state index in [1.807, 2.05) is 0 Å². The largest absolute Gasteiger partial charge is 0.467 e. The smallest absolute Gasteiger partial charge is 0.416 e. The van der Waals surface area contributed by atoms with Crippen molar-refractivity contribution in [2.24, 2.45) is 5.92 Å². The topological polar surface area (TPSA) is 67.3 Å². The van der Waals surface area contributed by atoms with Crippen LogP contribution in [0.4, 0.5) is 24.8 Å². The predicted octanol–water partition coefficient (Wildman–Crippen LogP) is 4.71. The summed E-state index contributed by atoms with van der Waals surface area (Å²) in [5.74, 6) is 0.772. The van der Waals surface area contributed by atoms with Gasteiger partial charge in [0.25, 0.3) is 5.91 Å². The molecule has 1 fully saturated rings. The zero-order valence-electron chi connectivity index (χ0n) is 16.6. The molecule has 30 heavy (non-hydrogen) atoms. The van der Waals surface area contributed by atoms with Crippen molar-refractivity contribution in [3.05, 3.63) is 40.5 Å². The number of aryl methyl sites for hydroxylation is 1. The molecule has 0 atom stereocenters. The Kier molecular flexibility index (Phi) is 6.70. The highest BCUT2D eigenvalue weighted by Crippen LogP contribution is 2.33. The van der Waals surface area contributed by atoms with E-state index in [9.17, 15) is 18.0 Å². The molecule has 1 N–H and O–H groups in total. The zero-order valence-corrected chi connectivity index (χ0v) is 17.3. The number of piperidine rings is 1. The van der Waals surface area contributed by atoms with Crippen LogP contribution in [0.3, 0.4) is 0 Å². The van der Waals surface area contributed by atoms with Crippen molar-refractivity contribution in [1.82, 2.24) is 9.97 Å². The number of nitrogens with one attached hydrogen (secondary N) is 1. The number of carbonyl (C=O) groups is 1. The summed E-state index contributed by atoms with van der Waals surface area (Å²) in [6.45, 7) is 5.27. The highest BCUT2D eigenvalue weighted by Gasteiger charge is 2.31. The Morgan fingerprint density at radius 2 is 1.97 bits per heavy atom. The van der Waals surface area contributed by atoms with Crippen molar-refractivity contribution in [2.75, 3.05) is 29.9 Å². The van der Waals surface area contributed by atoms with Gasteiger partial charge in [-0.2, -0.15) is 18.2 Å². The van der Waals surface area contributed by atoms with E-state index in [1.165, 1.54) is 0 Å². The highest BCUT2D eigenvalue weighted by molar-refractivity contribution is 6.33. The molecular weight excluding hydrogens is 421 g/mol. The Morgan fingerprint density at radius 1 is 1.27 bits per heavy atom. The van der Waals surface area contributed by atoms with Crippen molar-refractivity contribution in [3.63, 3.8) is 0 Å². The molecule has 0 aliphatic carbocycles. The average molecular weight is 443 g/mol. The van der Waals surface area contributed by atoms with Crippen LogP contribution in [0.2, 0.25) is 5.02 Å². The number of anilines is 2. The maximum Gasteiger partial charge on any atom is 0.416 e. The molecule has 1 aliphatic rings. The molecule has 1 amide bonds. The van der Waals surface area contributed by atoms with Crippen molar-refractivity contribution >= 4 is 29.1 Å². The van der Waals surface area contributed by atoms with Gasteiger partial charge in [-0.25, -0.2) is 4.98 Å². The van der Waals surface area contributed by atoms with Crippen molar-refractivity contribution < 1.29 is 22.7 Å². The van der Waals surface area contributed by atoms with Gasteiger partial charge < -0.3 is 15.0 Å². The van der Waals surface area contributed by atoms with Gasteiger partial charge in [-0.05, 0) is 43.9 Å². The Bertz CT molecular complexity index is 915. The van der Waals surface area contributed by atoms with E-state index in [1.54, 1.807) is 13.0 Å². The minimum atomic E-state index is -4.54. The van der Waals surface area contributed by atoms with Gasteiger partial charge in [-0.3, -0.25) is 4.79 Å². The fourth-order valence-corrected chi connectivity index (χ4v) is 3.24. The number of halogens is 4. The Labute approximate surface area is 177 Å². The minimum Gasteiger partial charge on any atom is -0.467 e. The molecule has 0 saturated carbocycles. The molecule has 1 aromatic heterocycles. The molecule has 0 bridgehead atoms. The molecule has 0 spiro atoms. The first-order valence-corrected chi connectivity index (χ1v) is 9.89. The molecular formula is C20H22ClF3N4O2. The number of hydrogen-bond donors (Lipinski definition) is 1. The zero-order chi connectivity index (χ0) is 21.9. The quantitative estimate of drug-likeness (QED) is 0.726. The summed E-state index contributed by atoms with van der Waals surface area (Å²) in [6.07, 6.45) is -2.44. The van der Waals surface area contributed by atoms with Gasteiger partial charge in [0.2, 0.25) is 11.8 Å². The summed E-state index contributed by atoms with van der Waals surface area (Å²) in [4.78, 5) is 23.0. The third kappa shape index (κ3) is 5.75. The molecule has 162 valence electrons. The fraction of sp³-hybridized carbons (Fsp3) is 0.450. The summed E-state index contributed by atoms with van der Waals surface area (Å²) >= 11 is 5.90. The van der Waals surface area contributed by atoms with E-state index in [0.717, 1.165) is 44.1 Å². The lowest BCUT2D eigenvalue weighted by Gasteiger charge is -2.30. The number of aromatic nitrogens is 2. The molecule has 6 nitrogen and oxygen atoms in total. The minimum absolute atomic E-state index is 0.00385. The predicted molar refractivity (Wildman–Crippen MR) is 108 cm³/mol. The molecule has 2 aromatic rings. The summed E-state index contributed by atoms with van der Waals surface area (Å²) in [7, 11) is 0. The number of hydrogen-bond acceptors (Lipinski definition) is 5. The lowest BCUT2D eigenvalue weighted by atomic mass is 10.00. The number of amides is 1. The highest BCUT2D eigenvalue weighted by atomic mass is 35.5. The first-order valence-electron chi connectivity index (χ1n) is 9.52. The van der Waals surface area contributed by atoms with Crippen LogP contribution in [0, 0.1) is 12.8 Å². The molecule has 1 saturated heterocycles. The van der Waals surface area contributed by atoms with E-state index in [-0.39, 0.29) is 16.6 Å². The van der Waals surface area contributed by atoms with Gasteiger partial charge in [0.05, 0.1) is 16.3 Å². The second-order valence-electron chi connectivity index (χ2n) is 7.35. The molecule has 2 heterocycles. The molecule has 0 radical (unpaired) electrons. The van der Waals surface area contributed by atoms with Crippen LogP contribution >= 0.6 is 11.6 Å². The maximum absolute atomic E-state index is 12.9. The standard InChI is InChI=1S/C20H22ClF3N4O2/c1-12-5-7-28(8-6-12)19-25-13(2)9-18(27-19)30-11-17(29)26-16-10-14(20(22,23)24)3-4-15(16)21/h3-4,9-10,12H,5-8,11H2,1-2H3,(H,26,29). The third-order valence-corrected chi connectivity index (χ3v) is 5.13. The normalized spacial score (nSPS) is 15.2. The van der Waals surface area contributed by atoms with Gasteiger partial charge in [-0.15, -0.1) is 0 Å². The van der Waals surface area contributed by atoms with Crippen LogP contribution in [0.1, 0.15) is 31.0 Å². The monoisotopic (exact) mass is 442 g/mol. The van der Waals surface area contributed by atoms with Crippen LogP contribution in [-0.2, 0) is 11.0 Å². The van der Waals surface area contributed by atoms with Gasteiger partial charge in [0.1, 0.15) is 0 Å². The second-order valence-corrected chi connectivity index (χ2v) is 7.75. The molecule has 1 aromatic carbocycles.